The van der Waals surface area contributed by atoms with Gasteiger partial charge in [0.25, 0.3) is 0 Å². The monoisotopic (exact) mass is 143 g/mol. The molecule has 0 spiro atoms. The zero-order valence-electron chi connectivity index (χ0n) is 7.78. The van der Waals surface area contributed by atoms with E-state index in [4.69, 9.17) is 0 Å². The molecule has 0 saturated heterocycles. The van der Waals surface area contributed by atoms with Crippen molar-refractivity contribution in [2.24, 2.45) is 5.92 Å². The van der Waals surface area contributed by atoms with E-state index in [-0.39, 0.29) is 0 Å². The third-order valence-electron chi connectivity index (χ3n) is 1.99. The SMILES string of the molecule is CC[C@@H](CCC(C)C)NC. The first-order valence-electron chi connectivity index (χ1n) is 4.38. The van der Waals surface area contributed by atoms with Gasteiger partial charge in [0, 0.05) is 6.04 Å². The highest BCUT2D eigenvalue weighted by molar-refractivity contribution is 4.62. The molecule has 1 nitrogen and oxygen atoms in total. The molecule has 1 atom stereocenters. The van der Waals surface area contributed by atoms with Gasteiger partial charge in [0.1, 0.15) is 0 Å². The zero-order chi connectivity index (χ0) is 7.98. The van der Waals surface area contributed by atoms with Crippen LogP contribution in [0.4, 0.5) is 0 Å². The predicted molar refractivity (Wildman–Crippen MR) is 47.2 cm³/mol. The van der Waals surface area contributed by atoms with E-state index in [0.29, 0.717) is 0 Å². The first-order chi connectivity index (χ1) is 4.70. The Morgan fingerprint density at radius 1 is 1.20 bits per heavy atom. The summed E-state index contributed by atoms with van der Waals surface area (Å²) in [6.45, 7) is 6.80. The molecule has 0 aromatic heterocycles. The fourth-order valence-corrected chi connectivity index (χ4v) is 1.09. The van der Waals surface area contributed by atoms with Crippen molar-refractivity contribution in [2.75, 3.05) is 7.05 Å². The molecule has 0 fully saturated rings. The topological polar surface area (TPSA) is 12.0 Å². The van der Waals surface area contributed by atoms with Gasteiger partial charge >= 0.3 is 0 Å². The average molecular weight is 143 g/mol. The van der Waals surface area contributed by atoms with Gasteiger partial charge < -0.3 is 5.32 Å². The first-order valence-corrected chi connectivity index (χ1v) is 4.38. The van der Waals surface area contributed by atoms with Crippen LogP contribution < -0.4 is 5.32 Å². The summed E-state index contributed by atoms with van der Waals surface area (Å²) in [6, 6.07) is 0.738. The summed E-state index contributed by atoms with van der Waals surface area (Å²) in [4.78, 5) is 0. The van der Waals surface area contributed by atoms with Crippen LogP contribution in [-0.2, 0) is 0 Å². The summed E-state index contributed by atoms with van der Waals surface area (Å²) in [5.41, 5.74) is 0. The summed E-state index contributed by atoms with van der Waals surface area (Å²) in [5.74, 6) is 0.849. The Bertz CT molecular complexity index is 65.1. The molecule has 0 aliphatic carbocycles. The Morgan fingerprint density at radius 3 is 2.10 bits per heavy atom. The fraction of sp³-hybridized carbons (Fsp3) is 1.00. The molecule has 0 heterocycles. The van der Waals surface area contributed by atoms with Crippen LogP contribution in [0.5, 0.6) is 0 Å². The van der Waals surface area contributed by atoms with Crippen LogP contribution in [-0.4, -0.2) is 13.1 Å². The van der Waals surface area contributed by atoms with Crippen LogP contribution in [0.3, 0.4) is 0 Å². The summed E-state index contributed by atoms with van der Waals surface area (Å²) in [6.07, 6.45) is 3.92. The highest BCUT2D eigenvalue weighted by Crippen LogP contribution is 2.08. The third-order valence-corrected chi connectivity index (χ3v) is 1.99. The quantitative estimate of drug-likeness (QED) is 0.623. The van der Waals surface area contributed by atoms with Crippen LogP contribution in [0.2, 0.25) is 0 Å². The van der Waals surface area contributed by atoms with Crippen LogP contribution in [0.1, 0.15) is 40.0 Å². The zero-order valence-corrected chi connectivity index (χ0v) is 7.78. The van der Waals surface area contributed by atoms with Gasteiger partial charge in [-0.05, 0) is 32.2 Å². The standard InChI is InChI=1S/C9H21N/c1-5-9(10-4)7-6-8(2)3/h8-10H,5-7H2,1-4H3/t9-/m0/s1. The molecule has 0 aliphatic rings. The lowest BCUT2D eigenvalue weighted by molar-refractivity contribution is 0.444. The van der Waals surface area contributed by atoms with Gasteiger partial charge in [0.15, 0.2) is 0 Å². The number of hydrogen-bond donors (Lipinski definition) is 1. The minimum Gasteiger partial charge on any atom is -0.317 e. The Morgan fingerprint density at radius 2 is 1.80 bits per heavy atom. The minimum atomic E-state index is 0.738. The van der Waals surface area contributed by atoms with Crippen molar-refractivity contribution in [3.8, 4) is 0 Å². The molecule has 1 N–H and O–H groups in total. The molecule has 0 unspecified atom stereocenters. The smallest absolute Gasteiger partial charge is 0.00615 e. The van der Waals surface area contributed by atoms with Gasteiger partial charge in [0.2, 0.25) is 0 Å². The molecule has 62 valence electrons. The van der Waals surface area contributed by atoms with Crippen molar-refractivity contribution in [2.45, 2.75) is 46.1 Å². The molecule has 0 aliphatic heterocycles. The lowest BCUT2D eigenvalue weighted by Crippen LogP contribution is -2.24. The number of rotatable bonds is 5. The largest absolute Gasteiger partial charge is 0.317 e. The van der Waals surface area contributed by atoms with E-state index < -0.39 is 0 Å². The summed E-state index contributed by atoms with van der Waals surface area (Å²) in [7, 11) is 2.05. The van der Waals surface area contributed by atoms with E-state index in [1.165, 1.54) is 19.3 Å². The van der Waals surface area contributed by atoms with Crippen LogP contribution in [0.25, 0.3) is 0 Å². The molecule has 0 radical (unpaired) electrons. The second-order valence-corrected chi connectivity index (χ2v) is 3.37. The van der Waals surface area contributed by atoms with Crippen molar-refractivity contribution in [3.63, 3.8) is 0 Å². The van der Waals surface area contributed by atoms with Crippen LogP contribution in [0, 0.1) is 5.92 Å². The van der Waals surface area contributed by atoms with E-state index in [1.807, 2.05) is 0 Å². The Labute approximate surface area is 65.2 Å². The molecule has 10 heavy (non-hydrogen) atoms. The molecule has 0 rings (SSSR count). The normalized spacial score (nSPS) is 14.1. The van der Waals surface area contributed by atoms with E-state index in [1.54, 1.807) is 0 Å². The second-order valence-electron chi connectivity index (χ2n) is 3.37. The van der Waals surface area contributed by atoms with Crippen LogP contribution in [0.15, 0.2) is 0 Å². The van der Waals surface area contributed by atoms with E-state index in [0.717, 1.165) is 12.0 Å². The van der Waals surface area contributed by atoms with Gasteiger partial charge in [-0.3, -0.25) is 0 Å². The summed E-state index contributed by atoms with van der Waals surface area (Å²) < 4.78 is 0. The minimum absolute atomic E-state index is 0.738. The molecule has 0 aromatic carbocycles. The molecular formula is C9H21N. The second kappa shape index (κ2) is 5.72. The van der Waals surface area contributed by atoms with Crippen molar-refractivity contribution in [1.82, 2.24) is 5.32 Å². The molecule has 0 amide bonds. The Balaban J connectivity index is 3.26. The predicted octanol–water partition coefficient (Wildman–Crippen LogP) is 2.42. The van der Waals surface area contributed by atoms with Gasteiger partial charge in [-0.1, -0.05) is 20.8 Å². The molecular weight excluding hydrogens is 122 g/mol. The van der Waals surface area contributed by atoms with Crippen molar-refractivity contribution in [3.05, 3.63) is 0 Å². The highest BCUT2D eigenvalue weighted by Gasteiger charge is 2.02. The highest BCUT2D eigenvalue weighted by atomic mass is 14.9. The summed E-state index contributed by atoms with van der Waals surface area (Å²) >= 11 is 0. The first kappa shape index (κ1) is 9.96. The average Bonchev–Trinajstić information content (AvgIpc) is 1.90. The van der Waals surface area contributed by atoms with Crippen LogP contribution >= 0.6 is 0 Å². The summed E-state index contributed by atoms with van der Waals surface area (Å²) in [5, 5.41) is 3.31. The van der Waals surface area contributed by atoms with Gasteiger partial charge in [0.05, 0.1) is 0 Å². The number of nitrogens with one attached hydrogen (secondary N) is 1. The molecule has 0 aromatic rings. The van der Waals surface area contributed by atoms with Crippen molar-refractivity contribution < 1.29 is 0 Å². The van der Waals surface area contributed by atoms with E-state index >= 15 is 0 Å². The van der Waals surface area contributed by atoms with E-state index in [2.05, 4.69) is 33.1 Å². The maximum atomic E-state index is 3.31. The fourth-order valence-electron chi connectivity index (χ4n) is 1.09. The maximum Gasteiger partial charge on any atom is 0.00615 e. The van der Waals surface area contributed by atoms with Gasteiger partial charge in [-0.2, -0.15) is 0 Å². The molecule has 1 heteroatoms. The van der Waals surface area contributed by atoms with Gasteiger partial charge in [-0.25, -0.2) is 0 Å². The maximum absolute atomic E-state index is 3.31. The van der Waals surface area contributed by atoms with Crippen molar-refractivity contribution >= 4 is 0 Å². The Hall–Kier alpha value is -0.0400. The lowest BCUT2D eigenvalue weighted by Gasteiger charge is -2.14. The van der Waals surface area contributed by atoms with Crippen molar-refractivity contribution in [1.29, 1.82) is 0 Å². The number of hydrogen-bond acceptors (Lipinski definition) is 1. The van der Waals surface area contributed by atoms with E-state index in [9.17, 15) is 0 Å². The molecule has 0 bridgehead atoms. The third kappa shape index (κ3) is 4.80. The molecule has 0 saturated carbocycles. The Kier molecular flexibility index (Phi) is 5.70. The van der Waals surface area contributed by atoms with Gasteiger partial charge in [-0.15, -0.1) is 0 Å². The lowest BCUT2D eigenvalue weighted by atomic mass is 10.0.